The third-order valence-corrected chi connectivity index (χ3v) is 5.02. The van der Waals surface area contributed by atoms with Crippen LogP contribution < -0.4 is 0 Å². The smallest absolute Gasteiger partial charge is 0.227 e. The van der Waals surface area contributed by atoms with Crippen molar-refractivity contribution in [3.63, 3.8) is 0 Å². The van der Waals surface area contributed by atoms with Crippen LogP contribution in [-0.4, -0.2) is 83.6 Å². The molecule has 2 heterocycles. The molecule has 3 rings (SSSR count). The summed E-state index contributed by atoms with van der Waals surface area (Å²) in [4.78, 5) is 16.4. The highest BCUT2D eigenvalue weighted by atomic mass is 35.5. The Hall–Kier alpha value is -1.18. The number of carbonyl (C=O) groups excluding carboxylic acids is 1. The summed E-state index contributed by atoms with van der Waals surface area (Å²) in [6, 6.07) is 7.11. The minimum atomic E-state index is -0.840. The lowest BCUT2D eigenvalue weighted by Gasteiger charge is -2.43. The number of aliphatic hydroxyl groups is 2. The van der Waals surface area contributed by atoms with E-state index in [1.54, 1.807) is 12.1 Å². The molecule has 0 aliphatic carbocycles. The van der Waals surface area contributed by atoms with Crippen molar-refractivity contribution in [3.05, 3.63) is 34.9 Å². The standard InChI is InChI=1S/C17H23ClN2O4/c18-13-3-1-12(2-4-13)9-16(22)20-7-5-19(6-8-20)14-10-24-11-15(21)17(14)23/h1-4,14-15,17,21,23H,5-11H2/t14-,15-,17+/m1/s1. The van der Waals surface area contributed by atoms with E-state index in [9.17, 15) is 15.0 Å². The van der Waals surface area contributed by atoms with Crippen LogP contribution in [0.4, 0.5) is 0 Å². The highest BCUT2D eigenvalue weighted by Gasteiger charge is 2.36. The Morgan fingerprint density at radius 2 is 1.79 bits per heavy atom. The molecule has 1 aromatic rings. The molecule has 7 heteroatoms. The van der Waals surface area contributed by atoms with Gasteiger partial charge in [0.15, 0.2) is 0 Å². The molecule has 6 nitrogen and oxygen atoms in total. The maximum atomic E-state index is 12.4. The molecule has 0 aromatic heterocycles. The van der Waals surface area contributed by atoms with Crippen molar-refractivity contribution >= 4 is 17.5 Å². The van der Waals surface area contributed by atoms with Crippen LogP contribution in [0.15, 0.2) is 24.3 Å². The molecule has 0 unspecified atom stereocenters. The monoisotopic (exact) mass is 354 g/mol. The van der Waals surface area contributed by atoms with E-state index in [1.807, 2.05) is 17.0 Å². The number of piperazine rings is 1. The summed E-state index contributed by atoms with van der Waals surface area (Å²) in [5.74, 6) is 0.0949. The number of benzene rings is 1. The molecule has 24 heavy (non-hydrogen) atoms. The number of halogens is 1. The van der Waals surface area contributed by atoms with Gasteiger partial charge in [-0.1, -0.05) is 23.7 Å². The summed E-state index contributed by atoms with van der Waals surface area (Å²) in [5, 5.41) is 20.5. The molecule has 2 N–H and O–H groups in total. The van der Waals surface area contributed by atoms with Crippen molar-refractivity contribution in [2.75, 3.05) is 39.4 Å². The Morgan fingerprint density at radius 3 is 2.46 bits per heavy atom. The van der Waals surface area contributed by atoms with Crippen molar-refractivity contribution in [1.29, 1.82) is 0 Å². The third-order valence-electron chi connectivity index (χ3n) is 4.77. The molecule has 2 saturated heterocycles. The van der Waals surface area contributed by atoms with Gasteiger partial charge in [-0.25, -0.2) is 0 Å². The fraction of sp³-hybridized carbons (Fsp3) is 0.588. The highest BCUT2D eigenvalue weighted by molar-refractivity contribution is 6.30. The summed E-state index contributed by atoms with van der Waals surface area (Å²) in [6.45, 7) is 3.17. The minimum Gasteiger partial charge on any atom is -0.389 e. The number of rotatable bonds is 3. The highest BCUT2D eigenvalue weighted by Crippen LogP contribution is 2.18. The SMILES string of the molecule is O=C(Cc1ccc(Cl)cc1)N1CCN([C@@H]2COC[C@@H](O)[C@H]2O)CC1. The number of hydrogen-bond acceptors (Lipinski definition) is 5. The Kier molecular flexibility index (Phi) is 5.73. The normalized spacial score (nSPS) is 28.8. The second kappa shape index (κ2) is 7.80. The average Bonchev–Trinajstić information content (AvgIpc) is 2.59. The lowest BCUT2D eigenvalue weighted by atomic mass is 10.0. The zero-order valence-electron chi connectivity index (χ0n) is 13.5. The molecule has 0 saturated carbocycles. The summed E-state index contributed by atoms with van der Waals surface area (Å²) in [7, 11) is 0. The van der Waals surface area contributed by atoms with Crippen LogP contribution in [0, 0.1) is 0 Å². The van der Waals surface area contributed by atoms with Crippen LogP contribution in [0.2, 0.25) is 5.02 Å². The zero-order valence-corrected chi connectivity index (χ0v) is 14.2. The molecule has 2 aliphatic rings. The van der Waals surface area contributed by atoms with E-state index in [2.05, 4.69) is 4.90 Å². The largest absolute Gasteiger partial charge is 0.389 e. The average molecular weight is 355 g/mol. The minimum absolute atomic E-state index is 0.0949. The molecular weight excluding hydrogens is 332 g/mol. The van der Waals surface area contributed by atoms with Crippen molar-refractivity contribution in [1.82, 2.24) is 9.80 Å². The molecule has 0 spiro atoms. The maximum Gasteiger partial charge on any atom is 0.227 e. The van der Waals surface area contributed by atoms with Crippen LogP contribution in [0.25, 0.3) is 0 Å². The zero-order chi connectivity index (χ0) is 17.1. The fourth-order valence-corrected chi connectivity index (χ4v) is 3.40. The van der Waals surface area contributed by atoms with Crippen LogP contribution >= 0.6 is 11.6 Å². The Bertz CT molecular complexity index is 560. The molecule has 1 amide bonds. The number of ether oxygens (including phenoxy) is 1. The number of nitrogens with zero attached hydrogens (tertiary/aromatic N) is 2. The van der Waals surface area contributed by atoms with Crippen LogP contribution in [-0.2, 0) is 16.0 Å². The van der Waals surface area contributed by atoms with Crippen molar-refractivity contribution in [2.45, 2.75) is 24.7 Å². The van der Waals surface area contributed by atoms with E-state index >= 15 is 0 Å². The van der Waals surface area contributed by atoms with Crippen LogP contribution in [0.1, 0.15) is 5.56 Å². The molecule has 2 aliphatic heterocycles. The Morgan fingerprint density at radius 1 is 1.12 bits per heavy atom. The second-order valence-corrected chi connectivity index (χ2v) is 6.82. The van der Waals surface area contributed by atoms with Gasteiger partial charge < -0.3 is 19.8 Å². The van der Waals surface area contributed by atoms with E-state index < -0.39 is 12.2 Å². The predicted octanol–water partition coefficient (Wildman–Crippen LogP) is 0.147. The van der Waals surface area contributed by atoms with Gasteiger partial charge in [0.05, 0.1) is 31.8 Å². The van der Waals surface area contributed by atoms with E-state index in [-0.39, 0.29) is 18.6 Å². The summed E-state index contributed by atoms with van der Waals surface area (Å²) in [5.41, 5.74) is 0.950. The first-order chi connectivity index (χ1) is 11.5. The van der Waals surface area contributed by atoms with Gasteiger partial charge in [0, 0.05) is 31.2 Å². The molecule has 3 atom stereocenters. The molecule has 0 radical (unpaired) electrons. The predicted molar refractivity (Wildman–Crippen MR) is 89.9 cm³/mol. The summed E-state index contributed by atoms with van der Waals surface area (Å²) >= 11 is 5.86. The van der Waals surface area contributed by atoms with Crippen LogP contribution in [0.3, 0.4) is 0 Å². The topological polar surface area (TPSA) is 73.2 Å². The molecular formula is C17H23ClN2O4. The van der Waals surface area contributed by atoms with Gasteiger partial charge in [-0.2, -0.15) is 0 Å². The lowest BCUT2D eigenvalue weighted by Crippen LogP contribution is -2.60. The Labute approximate surface area is 146 Å². The summed E-state index contributed by atoms with van der Waals surface area (Å²) < 4.78 is 5.34. The first-order valence-corrected chi connectivity index (χ1v) is 8.62. The number of amides is 1. The molecule has 0 bridgehead atoms. The third kappa shape index (κ3) is 4.07. The maximum absolute atomic E-state index is 12.4. The number of aliphatic hydroxyl groups excluding tert-OH is 2. The van der Waals surface area contributed by atoms with Gasteiger partial charge in [-0.3, -0.25) is 9.69 Å². The summed E-state index contributed by atoms with van der Waals surface area (Å²) in [6.07, 6.45) is -1.27. The first-order valence-electron chi connectivity index (χ1n) is 8.25. The van der Waals surface area contributed by atoms with E-state index in [0.717, 1.165) is 5.56 Å². The van der Waals surface area contributed by atoms with E-state index in [0.29, 0.717) is 44.2 Å². The van der Waals surface area contributed by atoms with Gasteiger partial charge in [0.25, 0.3) is 0 Å². The van der Waals surface area contributed by atoms with E-state index in [4.69, 9.17) is 16.3 Å². The van der Waals surface area contributed by atoms with Crippen molar-refractivity contribution < 1.29 is 19.7 Å². The van der Waals surface area contributed by atoms with Crippen LogP contribution in [0.5, 0.6) is 0 Å². The van der Waals surface area contributed by atoms with Crippen molar-refractivity contribution in [2.24, 2.45) is 0 Å². The molecule has 132 valence electrons. The fourth-order valence-electron chi connectivity index (χ4n) is 3.28. The van der Waals surface area contributed by atoms with Gasteiger partial charge in [-0.05, 0) is 17.7 Å². The van der Waals surface area contributed by atoms with Gasteiger partial charge in [-0.15, -0.1) is 0 Å². The quantitative estimate of drug-likeness (QED) is 0.808. The number of carbonyl (C=O) groups is 1. The molecule has 2 fully saturated rings. The second-order valence-electron chi connectivity index (χ2n) is 6.38. The molecule has 1 aromatic carbocycles. The first kappa shape index (κ1) is 17.6. The van der Waals surface area contributed by atoms with Crippen molar-refractivity contribution in [3.8, 4) is 0 Å². The lowest BCUT2D eigenvalue weighted by molar-refractivity contribution is -0.144. The Balaban J connectivity index is 1.51. The number of hydrogen-bond donors (Lipinski definition) is 2. The van der Waals surface area contributed by atoms with Gasteiger partial charge >= 0.3 is 0 Å². The van der Waals surface area contributed by atoms with E-state index in [1.165, 1.54) is 0 Å². The van der Waals surface area contributed by atoms with Gasteiger partial charge in [0.2, 0.25) is 5.91 Å². The van der Waals surface area contributed by atoms with Gasteiger partial charge in [0.1, 0.15) is 6.10 Å².